The van der Waals surface area contributed by atoms with Crippen LogP contribution in [0.5, 0.6) is 11.5 Å². The van der Waals surface area contributed by atoms with Gasteiger partial charge in [-0.1, -0.05) is 50.0 Å². The molecule has 2 N–H and O–H groups in total. The highest BCUT2D eigenvalue weighted by atomic mass is 32.2. The second-order valence-electron chi connectivity index (χ2n) is 13.9. The van der Waals surface area contributed by atoms with Gasteiger partial charge in [-0.15, -0.1) is 0 Å². The maximum atomic E-state index is 13.6. The summed E-state index contributed by atoms with van der Waals surface area (Å²) < 4.78 is 90.9. The molecule has 18 heteroatoms. The largest absolute Gasteiger partial charge is 0.487 e. The number of benzene rings is 3. The predicted octanol–water partition coefficient (Wildman–Crippen LogP) is 8.48. The van der Waals surface area contributed by atoms with E-state index in [2.05, 4.69) is 41.1 Å². The molecule has 0 spiro atoms. The molecule has 0 amide bonds. The van der Waals surface area contributed by atoms with E-state index in [0.717, 1.165) is 11.6 Å². The third-order valence-corrected chi connectivity index (χ3v) is 11.1. The van der Waals surface area contributed by atoms with Crippen LogP contribution in [0.1, 0.15) is 40.1 Å². The number of nitriles is 1. The fourth-order valence-electron chi connectivity index (χ4n) is 5.29. The van der Waals surface area contributed by atoms with Crippen LogP contribution in [0.25, 0.3) is 11.3 Å². The van der Waals surface area contributed by atoms with Crippen molar-refractivity contribution in [3.8, 4) is 28.8 Å². The fourth-order valence-corrected chi connectivity index (χ4v) is 6.62. The van der Waals surface area contributed by atoms with Gasteiger partial charge in [0.2, 0.25) is 0 Å². The fraction of sp³-hybridized carbons (Fsp3) is 0.282. The number of nitrogens with zero attached hydrogens (tertiary/aromatic N) is 4. The first kappa shape index (κ1) is 42.2. The summed E-state index contributed by atoms with van der Waals surface area (Å²) in [5.41, 5.74) is 1.85. The van der Waals surface area contributed by atoms with Crippen molar-refractivity contribution in [1.29, 1.82) is 5.26 Å². The molecule has 0 aliphatic heterocycles. The summed E-state index contributed by atoms with van der Waals surface area (Å²) >= 11 is 0. The van der Waals surface area contributed by atoms with E-state index < -0.39 is 41.7 Å². The molecule has 57 heavy (non-hydrogen) atoms. The molecular formula is C39H41F3N6O7SSi. The molecule has 1 unspecified atom stereocenters. The highest BCUT2D eigenvalue weighted by Crippen LogP contribution is 2.38. The second-order valence-corrected chi connectivity index (χ2v) is 21.2. The van der Waals surface area contributed by atoms with Crippen LogP contribution in [0.3, 0.4) is 0 Å². The first-order valence-electron chi connectivity index (χ1n) is 17.5. The summed E-state index contributed by atoms with van der Waals surface area (Å²) in [5.74, 6) is -3.84. The molecular weight excluding hydrogens is 782 g/mol. The normalized spacial score (nSPS) is 12.1. The predicted molar refractivity (Wildman–Crippen MR) is 210 cm³/mol. The van der Waals surface area contributed by atoms with Crippen LogP contribution in [-0.4, -0.2) is 56.7 Å². The summed E-state index contributed by atoms with van der Waals surface area (Å²) in [5, 5.41) is 18.3. The van der Waals surface area contributed by atoms with E-state index in [1.54, 1.807) is 43.3 Å². The first-order valence-corrected chi connectivity index (χ1v) is 22.8. The van der Waals surface area contributed by atoms with Gasteiger partial charge < -0.3 is 24.3 Å². The Kier molecular flexibility index (Phi) is 13.6. The van der Waals surface area contributed by atoms with Gasteiger partial charge in [-0.25, -0.2) is 27.3 Å². The minimum absolute atomic E-state index is 0.0510. The number of nitrogens with one attached hydrogen (secondary N) is 2. The molecule has 1 atom stereocenters. The first-order chi connectivity index (χ1) is 27.1. The molecule has 0 saturated carbocycles. The quantitative estimate of drug-likeness (QED) is 0.0494. The summed E-state index contributed by atoms with van der Waals surface area (Å²) in [6.07, 6.45) is 0.694. The van der Waals surface area contributed by atoms with Gasteiger partial charge in [0.05, 0.1) is 24.6 Å². The smallest absolute Gasteiger partial charge is 0.355 e. The van der Waals surface area contributed by atoms with E-state index in [9.17, 15) is 31.6 Å². The van der Waals surface area contributed by atoms with Crippen LogP contribution in [0.2, 0.25) is 25.7 Å². The van der Waals surface area contributed by atoms with Gasteiger partial charge in [-0.2, -0.15) is 19.1 Å². The lowest BCUT2D eigenvalue weighted by Crippen LogP contribution is -2.22. The second kappa shape index (κ2) is 18.4. The Morgan fingerprint density at radius 1 is 1.04 bits per heavy atom. The van der Waals surface area contributed by atoms with Crippen molar-refractivity contribution < 1.29 is 45.3 Å². The molecule has 0 radical (unpaired) electrons. The molecule has 0 aliphatic rings. The molecule has 0 saturated heterocycles. The molecule has 5 rings (SSSR count). The number of sulfonamides is 1. The third kappa shape index (κ3) is 11.3. The number of alkyl halides is 2. The Bertz CT molecular complexity index is 2330. The number of hydrogen-bond donors (Lipinski definition) is 2. The average Bonchev–Trinajstić information content (AvgIpc) is 3.52. The zero-order valence-electron chi connectivity index (χ0n) is 31.8. The van der Waals surface area contributed by atoms with E-state index in [4.69, 9.17) is 18.9 Å². The van der Waals surface area contributed by atoms with Gasteiger partial charge in [0.25, 0.3) is 10.0 Å². The minimum Gasteiger partial charge on any atom is -0.487 e. The number of anilines is 3. The van der Waals surface area contributed by atoms with Gasteiger partial charge in [0.1, 0.15) is 59.9 Å². The monoisotopic (exact) mass is 822 g/mol. The Balaban J connectivity index is 1.47. The molecule has 13 nitrogen and oxygen atoms in total. The van der Waals surface area contributed by atoms with Gasteiger partial charge >= 0.3 is 11.7 Å². The van der Waals surface area contributed by atoms with E-state index >= 15 is 0 Å². The van der Waals surface area contributed by atoms with Crippen molar-refractivity contribution in [3.05, 3.63) is 113 Å². The van der Waals surface area contributed by atoms with E-state index in [1.165, 1.54) is 60.5 Å². The van der Waals surface area contributed by atoms with Crippen molar-refractivity contribution in [2.24, 2.45) is 0 Å². The molecule has 2 aromatic heterocycles. The maximum absolute atomic E-state index is 13.6. The zero-order valence-corrected chi connectivity index (χ0v) is 33.6. The molecule has 5 aromatic rings. The van der Waals surface area contributed by atoms with Crippen LogP contribution < -0.4 is 19.5 Å². The average molecular weight is 823 g/mol. The zero-order chi connectivity index (χ0) is 41.3. The number of hydrogen-bond acceptors (Lipinski definition) is 11. The molecule has 300 valence electrons. The van der Waals surface area contributed by atoms with Gasteiger partial charge in [-0.05, 0) is 72.6 Å². The van der Waals surface area contributed by atoms with Gasteiger partial charge in [0, 0.05) is 20.2 Å². The van der Waals surface area contributed by atoms with Crippen LogP contribution in [0, 0.1) is 17.1 Å². The topological polar surface area (TPSA) is 167 Å². The Morgan fingerprint density at radius 3 is 2.44 bits per heavy atom. The highest BCUT2D eigenvalue weighted by molar-refractivity contribution is 7.93. The van der Waals surface area contributed by atoms with Crippen LogP contribution in [0.15, 0.2) is 85.1 Å². The lowest BCUT2D eigenvalue weighted by atomic mass is 10.1. The number of rotatable bonds is 18. The Labute approximate surface area is 329 Å². The van der Waals surface area contributed by atoms with Crippen molar-refractivity contribution in [2.45, 2.75) is 57.8 Å². The van der Waals surface area contributed by atoms with Gasteiger partial charge in [-0.3, -0.25) is 4.72 Å². The third-order valence-electron chi connectivity index (χ3n) is 8.40. The summed E-state index contributed by atoms with van der Waals surface area (Å²) in [6, 6.07) is 22.6. The molecule has 0 bridgehead atoms. The van der Waals surface area contributed by atoms with E-state index in [1.807, 2.05) is 4.72 Å². The number of pyridine rings is 1. The summed E-state index contributed by atoms with van der Waals surface area (Å²) in [7, 11) is -5.24. The molecule has 2 heterocycles. The number of methoxy groups -OCH3 is 1. The van der Waals surface area contributed by atoms with Crippen LogP contribution >= 0.6 is 0 Å². The van der Waals surface area contributed by atoms with E-state index in [-0.39, 0.29) is 47.4 Å². The Hall–Kier alpha value is -5.90. The number of ether oxygens (including phenoxy) is 4. The van der Waals surface area contributed by atoms with E-state index in [0.29, 0.717) is 29.3 Å². The lowest BCUT2D eigenvalue weighted by molar-refractivity contribution is 0.0600. The number of esters is 1. The summed E-state index contributed by atoms with van der Waals surface area (Å²) in [6.45, 7) is 8.80. The SMILES string of the molecule is COC(=O)c1cccc(COc2ccc(Nc3c(C#N)c(-c4ccc(NS(=O)(=O)C(F)F)c(OC(C)c5ccc(F)cc5)c4)nn3COCC[Si](C)(C)C)nc2)c1. The lowest BCUT2D eigenvalue weighted by Gasteiger charge is -2.19. The highest BCUT2D eigenvalue weighted by Gasteiger charge is 2.27. The van der Waals surface area contributed by atoms with Crippen molar-refractivity contribution in [2.75, 3.05) is 23.8 Å². The Morgan fingerprint density at radius 2 is 1.79 bits per heavy atom. The van der Waals surface area contributed by atoms with Gasteiger partial charge in [0.15, 0.2) is 5.82 Å². The van der Waals surface area contributed by atoms with Crippen molar-refractivity contribution in [3.63, 3.8) is 0 Å². The number of halogens is 3. The number of carbonyl (C=O) groups excluding carboxylic acids is 1. The molecule has 3 aromatic carbocycles. The summed E-state index contributed by atoms with van der Waals surface area (Å²) in [4.78, 5) is 16.4. The number of carbonyl (C=O) groups is 1. The molecule has 0 aliphatic carbocycles. The standard InChI is InChI=1S/C39H41F3N6O7SSi/c1-25(27-9-12-30(40)13-10-27)55-34-20-28(11-15-33(34)47-56(50,51)39(41)42)36-32(21-43)37(48(46-36)24-53-17-18-57(3,4)5)45-35-16-14-31(22-44-35)54-23-26-7-6-8-29(19-26)38(49)52-2/h6-16,19-20,22,25,39,47H,17-18,23-24H2,1-5H3,(H,44,45). The van der Waals surface area contributed by atoms with Crippen LogP contribution in [0.4, 0.5) is 30.5 Å². The maximum Gasteiger partial charge on any atom is 0.355 e. The molecule has 0 fully saturated rings. The van der Waals surface area contributed by atoms with Crippen LogP contribution in [-0.2, 0) is 32.8 Å². The van der Waals surface area contributed by atoms with Crippen molar-refractivity contribution >= 4 is 41.4 Å². The minimum atomic E-state index is -5.10. The van der Waals surface area contributed by atoms with Crippen molar-refractivity contribution in [1.82, 2.24) is 14.8 Å². The number of aromatic nitrogens is 3.